The van der Waals surface area contributed by atoms with E-state index in [4.69, 9.17) is 0 Å². The first kappa shape index (κ1) is 22.9. The number of fused-ring (bicyclic) bond motifs is 3. The predicted molar refractivity (Wildman–Crippen MR) is 146 cm³/mol. The van der Waals surface area contributed by atoms with Gasteiger partial charge in [0.2, 0.25) is 5.91 Å². The van der Waals surface area contributed by atoms with Crippen LogP contribution in [0.2, 0.25) is 0 Å². The molecule has 1 aromatic heterocycles. The summed E-state index contributed by atoms with van der Waals surface area (Å²) in [5, 5.41) is 4.88. The molecule has 1 amide bonds. The Labute approximate surface area is 209 Å². The number of anilines is 1. The molecule has 0 saturated heterocycles. The third-order valence-electron chi connectivity index (χ3n) is 6.15. The number of rotatable bonds is 6. The number of carbonyl (C=O) groups is 2. The summed E-state index contributed by atoms with van der Waals surface area (Å²) in [6, 6.07) is 31.3. The van der Waals surface area contributed by atoms with E-state index in [0.29, 0.717) is 12.0 Å². The molecular formula is C30H26N2O2S. The minimum Gasteiger partial charge on any atom is -0.322 e. The fourth-order valence-electron chi connectivity index (χ4n) is 4.30. The van der Waals surface area contributed by atoms with Gasteiger partial charge in [0.25, 0.3) is 5.91 Å². The highest BCUT2D eigenvalue weighted by Gasteiger charge is 2.23. The molecule has 5 rings (SSSR count). The number of thioether (sulfide) groups is 1. The molecule has 0 radical (unpaired) electrons. The Balaban J connectivity index is 1.35. The van der Waals surface area contributed by atoms with Gasteiger partial charge in [-0.3, -0.25) is 14.2 Å². The first-order valence-electron chi connectivity index (χ1n) is 11.7. The second-order valence-corrected chi connectivity index (χ2v) is 9.84. The first-order chi connectivity index (χ1) is 17.0. The topological polar surface area (TPSA) is 51.1 Å². The summed E-state index contributed by atoms with van der Waals surface area (Å²) in [6.45, 7) is 4.03. The molecule has 1 unspecified atom stereocenters. The molecule has 0 aliphatic carbocycles. The highest BCUT2D eigenvalue weighted by Crippen LogP contribution is 2.33. The molecule has 0 bridgehead atoms. The molecule has 0 fully saturated rings. The third kappa shape index (κ3) is 4.60. The molecule has 1 heterocycles. The molecule has 0 aliphatic heterocycles. The van der Waals surface area contributed by atoms with Gasteiger partial charge in [-0.05, 0) is 61.9 Å². The lowest BCUT2D eigenvalue weighted by Crippen LogP contribution is -2.23. The summed E-state index contributed by atoms with van der Waals surface area (Å²) < 4.78 is 1.86. The zero-order valence-electron chi connectivity index (χ0n) is 19.7. The molecule has 5 heteroatoms. The van der Waals surface area contributed by atoms with Gasteiger partial charge in [0.1, 0.15) is 0 Å². The molecule has 1 N–H and O–H groups in total. The molecule has 0 aliphatic rings. The van der Waals surface area contributed by atoms with Gasteiger partial charge < -0.3 is 5.32 Å². The number of aromatic nitrogens is 1. The van der Waals surface area contributed by atoms with Crippen molar-refractivity contribution in [3.8, 4) is 0 Å². The molecule has 174 valence electrons. The van der Waals surface area contributed by atoms with Crippen LogP contribution < -0.4 is 5.32 Å². The highest BCUT2D eigenvalue weighted by atomic mass is 32.2. The number of hydrogen-bond acceptors (Lipinski definition) is 3. The van der Waals surface area contributed by atoms with Gasteiger partial charge >= 0.3 is 0 Å². The average molecular weight is 479 g/mol. The Bertz CT molecular complexity index is 1470. The van der Waals surface area contributed by atoms with Crippen LogP contribution in [0.5, 0.6) is 0 Å². The SMILES string of the molecule is CCC(Sc1ccc(NC(=O)c2ccc(C)cc2)cc1)C(=O)n1c2ccccc2c2ccccc21. The van der Waals surface area contributed by atoms with Gasteiger partial charge in [-0.1, -0.05) is 61.0 Å². The molecule has 4 nitrogen and oxygen atoms in total. The number of amides is 1. The van der Waals surface area contributed by atoms with Crippen molar-refractivity contribution < 1.29 is 9.59 Å². The molecule has 35 heavy (non-hydrogen) atoms. The Morgan fingerprint density at radius 2 is 1.37 bits per heavy atom. The monoisotopic (exact) mass is 478 g/mol. The molecular weight excluding hydrogens is 452 g/mol. The molecule has 4 aromatic carbocycles. The van der Waals surface area contributed by atoms with Gasteiger partial charge in [0.15, 0.2) is 0 Å². The normalized spacial score (nSPS) is 12.1. The maximum atomic E-state index is 13.7. The minimum atomic E-state index is -0.234. The second-order valence-electron chi connectivity index (χ2n) is 8.57. The molecule has 0 spiro atoms. The van der Waals surface area contributed by atoms with Gasteiger partial charge in [-0.25, -0.2) is 0 Å². The second kappa shape index (κ2) is 9.80. The molecule has 5 aromatic rings. The van der Waals surface area contributed by atoms with Crippen molar-refractivity contribution >= 4 is 51.1 Å². The van der Waals surface area contributed by atoms with E-state index < -0.39 is 0 Å². The summed E-state index contributed by atoms with van der Waals surface area (Å²) in [6.07, 6.45) is 0.705. The fraction of sp³-hybridized carbons (Fsp3) is 0.133. The number of nitrogens with one attached hydrogen (secondary N) is 1. The van der Waals surface area contributed by atoms with Crippen molar-refractivity contribution in [2.75, 3.05) is 5.32 Å². The van der Waals surface area contributed by atoms with Crippen LogP contribution in [-0.2, 0) is 0 Å². The van der Waals surface area contributed by atoms with Crippen LogP contribution in [0, 0.1) is 6.92 Å². The van der Waals surface area contributed by atoms with E-state index in [-0.39, 0.29) is 17.1 Å². The van der Waals surface area contributed by atoms with Crippen LogP contribution >= 0.6 is 11.8 Å². The van der Waals surface area contributed by atoms with E-state index in [9.17, 15) is 9.59 Å². The van der Waals surface area contributed by atoms with E-state index in [0.717, 1.165) is 38.0 Å². The average Bonchev–Trinajstić information content (AvgIpc) is 3.22. The zero-order chi connectivity index (χ0) is 24.4. The number of benzene rings is 4. The summed E-state index contributed by atoms with van der Waals surface area (Å²) in [7, 11) is 0. The van der Waals surface area contributed by atoms with E-state index in [1.807, 2.05) is 103 Å². The lowest BCUT2D eigenvalue weighted by Gasteiger charge is -2.16. The van der Waals surface area contributed by atoms with Crippen LogP contribution in [0.1, 0.15) is 34.1 Å². The van der Waals surface area contributed by atoms with Crippen LogP contribution in [0.25, 0.3) is 21.8 Å². The van der Waals surface area contributed by atoms with Crippen LogP contribution in [0.3, 0.4) is 0 Å². The zero-order valence-corrected chi connectivity index (χ0v) is 20.5. The number of para-hydroxylation sites is 2. The van der Waals surface area contributed by atoms with Crippen molar-refractivity contribution in [2.24, 2.45) is 0 Å². The van der Waals surface area contributed by atoms with Gasteiger partial charge in [0, 0.05) is 26.9 Å². The Kier molecular flexibility index (Phi) is 6.43. The van der Waals surface area contributed by atoms with Gasteiger partial charge in [-0.15, -0.1) is 11.8 Å². The molecule has 1 atom stereocenters. The summed E-state index contributed by atoms with van der Waals surface area (Å²) in [4.78, 5) is 27.2. The number of carbonyl (C=O) groups excluding carboxylic acids is 2. The number of hydrogen-bond donors (Lipinski definition) is 1. The number of nitrogens with zero attached hydrogens (tertiary/aromatic N) is 1. The van der Waals surface area contributed by atoms with Crippen molar-refractivity contribution in [3.63, 3.8) is 0 Å². The molecule has 0 saturated carbocycles. The summed E-state index contributed by atoms with van der Waals surface area (Å²) >= 11 is 1.55. The third-order valence-corrected chi connectivity index (χ3v) is 7.51. The maximum Gasteiger partial charge on any atom is 0.255 e. The van der Waals surface area contributed by atoms with E-state index in [2.05, 4.69) is 17.4 Å². The first-order valence-corrected chi connectivity index (χ1v) is 12.6. The summed E-state index contributed by atoms with van der Waals surface area (Å²) in [5.41, 5.74) is 4.33. The Morgan fingerprint density at radius 1 is 0.800 bits per heavy atom. The summed E-state index contributed by atoms with van der Waals surface area (Å²) in [5.74, 6) is -0.0648. The van der Waals surface area contributed by atoms with Crippen molar-refractivity contribution in [2.45, 2.75) is 30.4 Å². The van der Waals surface area contributed by atoms with Crippen molar-refractivity contribution in [1.29, 1.82) is 0 Å². The van der Waals surface area contributed by atoms with Crippen molar-refractivity contribution in [3.05, 3.63) is 108 Å². The number of aryl methyl sites for hydroxylation is 1. The highest BCUT2D eigenvalue weighted by molar-refractivity contribution is 8.00. The maximum absolute atomic E-state index is 13.7. The lowest BCUT2D eigenvalue weighted by molar-refractivity contribution is 0.0918. The largest absolute Gasteiger partial charge is 0.322 e. The Morgan fingerprint density at radius 3 is 1.94 bits per heavy atom. The van der Waals surface area contributed by atoms with Gasteiger partial charge in [-0.2, -0.15) is 0 Å². The van der Waals surface area contributed by atoms with Gasteiger partial charge in [0.05, 0.1) is 16.3 Å². The fourth-order valence-corrected chi connectivity index (χ4v) is 5.30. The quantitative estimate of drug-likeness (QED) is 0.256. The van der Waals surface area contributed by atoms with E-state index in [1.165, 1.54) is 0 Å². The standard InChI is InChI=1S/C30H26N2O2S/c1-3-28(30(34)32-26-10-6-4-8-24(26)25-9-5-7-11-27(25)32)35-23-18-16-22(17-19-23)31-29(33)21-14-12-20(2)13-15-21/h4-19,28H,3H2,1-2H3,(H,31,33). The predicted octanol–water partition coefficient (Wildman–Crippen LogP) is 7.57. The van der Waals surface area contributed by atoms with E-state index >= 15 is 0 Å². The lowest BCUT2D eigenvalue weighted by atomic mass is 10.1. The smallest absolute Gasteiger partial charge is 0.255 e. The van der Waals surface area contributed by atoms with Crippen LogP contribution in [0.4, 0.5) is 5.69 Å². The van der Waals surface area contributed by atoms with Crippen LogP contribution in [0.15, 0.2) is 102 Å². The van der Waals surface area contributed by atoms with Crippen LogP contribution in [-0.4, -0.2) is 21.6 Å². The Hall–Kier alpha value is -3.83. The van der Waals surface area contributed by atoms with E-state index in [1.54, 1.807) is 11.8 Å². The van der Waals surface area contributed by atoms with Crippen molar-refractivity contribution in [1.82, 2.24) is 4.57 Å². The minimum absolute atomic E-state index is 0.0756.